The minimum atomic E-state index is -0.165. The number of hydrogen-bond acceptors (Lipinski definition) is 6. The first-order valence-electron chi connectivity index (χ1n) is 10.8. The van der Waals surface area contributed by atoms with Crippen molar-refractivity contribution in [3.05, 3.63) is 57.4 Å². The molecule has 31 heavy (non-hydrogen) atoms. The molecule has 3 aromatic rings. The van der Waals surface area contributed by atoms with Crippen LogP contribution in [0.25, 0.3) is 5.65 Å². The number of nitrogens with one attached hydrogen (secondary N) is 2. The van der Waals surface area contributed by atoms with E-state index < -0.39 is 0 Å². The van der Waals surface area contributed by atoms with Crippen molar-refractivity contribution >= 4 is 17.2 Å². The first-order valence-corrected chi connectivity index (χ1v) is 10.8. The van der Waals surface area contributed by atoms with Crippen molar-refractivity contribution in [3.63, 3.8) is 0 Å². The summed E-state index contributed by atoms with van der Waals surface area (Å²) in [5.74, 6) is -0.165. The van der Waals surface area contributed by atoms with Crippen molar-refractivity contribution in [2.75, 3.05) is 44.7 Å². The van der Waals surface area contributed by atoms with Crippen LogP contribution in [0.5, 0.6) is 0 Å². The molecule has 2 N–H and O–H groups in total. The average molecular weight is 424 g/mol. The number of piperazine rings is 1. The highest BCUT2D eigenvalue weighted by molar-refractivity contribution is 5.92. The maximum absolute atomic E-state index is 12.0. The molecule has 0 aliphatic carbocycles. The first kappa shape index (κ1) is 21.0. The Balaban J connectivity index is 1.34. The van der Waals surface area contributed by atoms with Crippen LogP contribution in [-0.4, -0.2) is 70.2 Å². The molecule has 4 rings (SSSR count). The maximum atomic E-state index is 12.0. The Morgan fingerprint density at radius 2 is 2.00 bits per heavy atom. The molecular formula is C22H29N7O2. The van der Waals surface area contributed by atoms with Crippen molar-refractivity contribution in [3.8, 4) is 0 Å². The SMILES string of the molecule is CCc1cn2nc(CCN3CCN(c4ccc(C(=O)NC)nc4C)CC3)cc2[nH]c1=O. The van der Waals surface area contributed by atoms with Crippen LogP contribution in [0.2, 0.25) is 0 Å². The predicted octanol–water partition coefficient (Wildman–Crippen LogP) is 1.01. The standard InChI is InChI=1S/C22H29N7O2/c1-4-16-14-29-20(25-21(16)30)13-17(26-29)7-8-27-9-11-28(12-10-27)19-6-5-18(22(31)23-3)24-15(19)2/h5-6,13-14H,4,7-12H2,1-3H3,(H,23,31)(H,25,30). The fraction of sp³-hybridized carbons (Fsp3) is 0.455. The normalized spacial score (nSPS) is 14.9. The third-order valence-corrected chi connectivity index (χ3v) is 5.89. The Morgan fingerprint density at radius 3 is 2.68 bits per heavy atom. The lowest BCUT2D eigenvalue weighted by Crippen LogP contribution is -2.47. The Hall–Kier alpha value is -3.20. The van der Waals surface area contributed by atoms with Crippen LogP contribution in [0.1, 0.15) is 34.4 Å². The number of anilines is 1. The van der Waals surface area contributed by atoms with Gasteiger partial charge in [0.15, 0.2) is 0 Å². The average Bonchev–Trinajstić information content (AvgIpc) is 3.18. The Kier molecular flexibility index (Phi) is 6.03. The van der Waals surface area contributed by atoms with Crippen LogP contribution in [0.4, 0.5) is 5.69 Å². The number of rotatable bonds is 6. The molecule has 0 atom stereocenters. The van der Waals surface area contributed by atoms with Crippen molar-refractivity contribution < 1.29 is 4.79 Å². The van der Waals surface area contributed by atoms with Gasteiger partial charge in [-0.3, -0.25) is 14.5 Å². The van der Waals surface area contributed by atoms with Crippen LogP contribution in [-0.2, 0) is 12.8 Å². The van der Waals surface area contributed by atoms with Gasteiger partial charge in [-0.15, -0.1) is 0 Å². The van der Waals surface area contributed by atoms with Gasteiger partial charge in [0.2, 0.25) is 0 Å². The van der Waals surface area contributed by atoms with Crippen molar-refractivity contribution in [2.24, 2.45) is 0 Å². The molecular weight excluding hydrogens is 394 g/mol. The van der Waals surface area contributed by atoms with Gasteiger partial charge in [0.1, 0.15) is 11.3 Å². The molecule has 0 bridgehead atoms. The van der Waals surface area contributed by atoms with Gasteiger partial charge in [-0.25, -0.2) is 9.50 Å². The molecule has 1 aliphatic heterocycles. The molecule has 1 fully saturated rings. The Bertz CT molecular complexity index is 1140. The van der Waals surface area contributed by atoms with Gasteiger partial charge in [-0.1, -0.05) is 6.92 Å². The summed E-state index contributed by atoms with van der Waals surface area (Å²) < 4.78 is 1.77. The van der Waals surface area contributed by atoms with E-state index in [1.165, 1.54) is 0 Å². The third kappa shape index (κ3) is 4.46. The molecule has 1 saturated heterocycles. The van der Waals surface area contributed by atoms with Gasteiger partial charge >= 0.3 is 0 Å². The zero-order valence-corrected chi connectivity index (χ0v) is 18.3. The summed E-state index contributed by atoms with van der Waals surface area (Å²) in [6.07, 6.45) is 3.35. The summed E-state index contributed by atoms with van der Waals surface area (Å²) >= 11 is 0. The highest BCUT2D eigenvalue weighted by Crippen LogP contribution is 2.20. The largest absolute Gasteiger partial charge is 0.368 e. The van der Waals surface area contributed by atoms with Crippen LogP contribution < -0.4 is 15.8 Å². The summed E-state index contributed by atoms with van der Waals surface area (Å²) in [4.78, 5) is 35.9. The van der Waals surface area contributed by atoms with Gasteiger partial charge in [0, 0.05) is 64.0 Å². The van der Waals surface area contributed by atoms with E-state index in [0.717, 1.165) is 67.4 Å². The summed E-state index contributed by atoms with van der Waals surface area (Å²) in [7, 11) is 1.61. The smallest absolute Gasteiger partial charge is 0.269 e. The second-order valence-corrected chi connectivity index (χ2v) is 7.89. The fourth-order valence-corrected chi connectivity index (χ4v) is 4.04. The van der Waals surface area contributed by atoms with Gasteiger partial charge < -0.3 is 15.2 Å². The van der Waals surface area contributed by atoms with Crippen molar-refractivity contribution in [1.29, 1.82) is 0 Å². The van der Waals surface area contributed by atoms with E-state index in [1.807, 2.05) is 32.2 Å². The Morgan fingerprint density at radius 1 is 1.23 bits per heavy atom. The molecule has 0 saturated carbocycles. The lowest BCUT2D eigenvalue weighted by molar-refractivity contribution is 0.0958. The fourth-order valence-electron chi connectivity index (χ4n) is 4.04. The van der Waals surface area contributed by atoms with Gasteiger partial charge in [0.05, 0.1) is 17.1 Å². The molecule has 4 heterocycles. The second-order valence-electron chi connectivity index (χ2n) is 7.89. The van der Waals surface area contributed by atoms with Gasteiger partial charge in [-0.2, -0.15) is 5.10 Å². The lowest BCUT2D eigenvalue weighted by Gasteiger charge is -2.36. The molecule has 164 valence electrons. The quantitative estimate of drug-likeness (QED) is 0.614. The summed E-state index contributed by atoms with van der Waals surface area (Å²) in [5.41, 5.74) is 4.84. The van der Waals surface area contributed by atoms with Crippen LogP contribution in [0, 0.1) is 6.92 Å². The van der Waals surface area contributed by atoms with Gasteiger partial charge in [-0.05, 0) is 25.5 Å². The number of amides is 1. The zero-order chi connectivity index (χ0) is 22.0. The number of aromatic nitrogens is 4. The summed E-state index contributed by atoms with van der Waals surface area (Å²) in [6, 6.07) is 5.73. The van der Waals surface area contributed by atoms with E-state index in [0.29, 0.717) is 12.1 Å². The van der Waals surface area contributed by atoms with Crippen molar-refractivity contribution in [2.45, 2.75) is 26.7 Å². The number of hydrogen-bond donors (Lipinski definition) is 2. The number of H-pyrrole nitrogens is 1. The highest BCUT2D eigenvalue weighted by atomic mass is 16.1. The van der Waals surface area contributed by atoms with E-state index in [-0.39, 0.29) is 11.5 Å². The van der Waals surface area contributed by atoms with E-state index in [2.05, 4.69) is 30.2 Å². The van der Waals surface area contributed by atoms with Crippen LogP contribution in [0.15, 0.2) is 29.2 Å². The van der Waals surface area contributed by atoms with Crippen LogP contribution in [0.3, 0.4) is 0 Å². The number of aryl methyl sites for hydroxylation is 2. The Labute approximate surface area is 181 Å². The summed E-state index contributed by atoms with van der Waals surface area (Å²) in [6.45, 7) is 8.59. The highest BCUT2D eigenvalue weighted by Gasteiger charge is 2.20. The van der Waals surface area contributed by atoms with Gasteiger partial charge in [0.25, 0.3) is 11.5 Å². The first-order chi connectivity index (χ1) is 15.0. The molecule has 3 aromatic heterocycles. The van der Waals surface area contributed by atoms with Crippen molar-refractivity contribution in [1.82, 2.24) is 29.8 Å². The van der Waals surface area contributed by atoms with E-state index >= 15 is 0 Å². The van der Waals surface area contributed by atoms with Crippen LogP contribution >= 0.6 is 0 Å². The number of carbonyl (C=O) groups is 1. The van der Waals surface area contributed by atoms with E-state index in [1.54, 1.807) is 17.6 Å². The molecule has 1 amide bonds. The topological polar surface area (TPSA) is 98.6 Å². The summed E-state index contributed by atoms with van der Waals surface area (Å²) in [5, 5.41) is 7.23. The number of pyridine rings is 1. The number of carbonyl (C=O) groups excluding carboxylic acids is 1. The molecule has 0 spiro atoms. The zero-order valence-electron chi connectivity index (χ0n) is 18.3. The lowest BCUT2D eigenvalue weighted by atomic mass is 10.2. The second kappa shape index (κ2) is 8.89. The minimum absolute atomic E-state index is 0.0364. The monoisotopic (exact) mass is 423 g/mol. The maximum Gasteiger partial charge on any atom is 0.269 e. The molecule has 0 radical (unpaired) electrons. The molecule has 9 heteroatoms. The molecule has 0 unspecified atom stereocenters. The van der Waals surface area contributed by atoms with E-state index in [4.69, 9.17) is 0 Å². The third-order valence-electron chi connectivity index (χ3n) is 5.89. The predicted molar refractivity (Wildman–Crippen MR) is 120 cm³/mol. The molecule has 1 aliphatic rings. The molecule has 9 nitrogen and oxygen atoms in total. The molecule has 0 aromatic carbocycles. The number of fused-ring (bicyclic) bond motifs is 1. The minimum Gasteiger partial charge on any atom is -0.368 e. The van der Waals surface area contributed by atoms with E-state index in [9.17, 15) is 9.59 Å². The number of aromatic amines is 1. The number of nitrogens with zero attached hydrogens (tertiary/aromatic N) is 5.